The van der Waals surface area contributed by atoms with Crippen molar-refractivity contribution >= 4 is 17.4 Å². The van der Waals surface area contributed by atoms with Crippen LogP contribution in [0.5, 0.6) is 0 Å². The summed E-state index contributed by atoms with van der Waals surface area (Å²) >= 11 is 0. The highest BCUT2D eigenvalue weighted by molar-refractivity contribution is 6.46. The molecule has 1 N–H and O–H groups in total. The summed E-state index contributed by atoms with van der Waals surface area (Å²) in [6, 6.07) is 8.66. The van der Waals surface area contributed by atoms with E-state index in [1.54, 1.807) is 23.4 Å². The van der Waals surface area contributed by atoms with Crippen LogP contribution in [0, 0.1) is 13.8 Å². The average Bonchev–Trinajstić information content (AvgIpc) is 3.06. The van der Waals surface area contributed by atoms with E-state index in [0.29, 0.717) is 17.7 Å². The Morgan fingerprint density at radius 3 is 2.66 bits per heavy atom. The van der Waals surface area contributed by atoms with E-state index in [1.807, 2.05) is 38.1 Å². The second-order valence-corrected chi connectivity index (χ2v) is 8.40. The predicted molar refractivity (Wildman–Crippen MR) is 121 cm³/mol. The van der Waals surface area contributed by atoms with Crippen LogP contribution in [0.3, 0.4) is 0 Å². The smallest absolute Gasteiger partial charge is 0.295 e. The summed E-state index contributed by atoms with van der Waals surface area (Å²) in [7, 11) is 0. The Morgan fingerprint density at radius 1 is 1.16 bits per heavy atom. The summed E-state index contributed by atoms with van der Waals surface area (Å²) in [6.07, 6.45) is 4.04. The second kappa shape index (κ2) is 9.63. The monoisotopic (exact) mass is 435 g/mol. The Morgan fingerprint density at radius 2 is 1.94 bits per heavy atom. The topological polar surface area (TPSA) is 83.0 Å². The number of aromatic nitrogens is 1. The van der Waals surface area contributed by atoms with E-state index in [0.717, 1.165) is 50.4 Å². The number of carbonyl (C=O) groups is 2. The van der Waals surface area contributed by atoms with E-state index in [4.69, 9.17) is 4.74 Å². The fourth-order valence-electron chi connectivity index (χ4n) is 4.42. The molecule has 0 radical (unpaired) electrons. The van der Waals surface area contributed by atoms with Crippen molar-refractivity contribution in [3.8, 4) is 0 Å². The number of ketones is 1. The molecule has 168 valence electrons. The Bertz CT molecular complexity index is 1030. The molecule has 3 heterocycles. The SMILES string of the molecule is Cc1ccc(C)c(C(O)=C2C(=O)C(=O)N(CCCN3CCOCC3)[C@@H]2c2cccnc2)c1. The molecule has 32 heavy (non-hydrogen) atoms. The molecule has 4 rings (SSSR count). The number of nitrogens with zero attached hydrogens (tertiary/aromatic N) is 3. The summed E-state index contributed by atoms with van der Waals surface area (Å²) in [5, 5.41) is 11.2. The molecular formula is C25H29N3O4. The summed E-state index contributed by atoms with van der Waals surface area (Å²) in [4.78, 5) is 34.2. The maximum atomic E-state index is 13.1. The molecule has 7 nitrogen and oxygen atoms in total. The zero-order chi connectivity index (χ0) is 22.7. The standard InChI is InChI=1S/C25H29N3O4/c1-17-6-7-18(2)20(15-17)23(29)21-22(19-5-3-8-26-16-19)28(25(31)24(21)30)10-4-9-27-11-13-32-14-12-27/h3,5-8,15-16,22,29H,4,9-14H2,1-2H3/t22-/m1/s1. The third-order valence-electron chi connectivity index (χ3n) is 6.17. The van der Waals surface area contributed by atoms with Crippen LogP contribution in [0.25, 0.3) is 5.76 Å². The molecule has 2 aliphatic rings. The number of aryl methyl sites for hydroxylation is 2. The number of aliphatic hydroxyl groups excluding tert-OH is 1. The lowest BCUT2D eigenvalue weighted by atomic mass is 9.94. The summed E-state index contributed by atoms with van der Waals surface area (Å²) in [6.45, 7) is 8.24. The Balaban J connectivity index is 1.68. The van der Waals surface area contributed by atoms with Crippen LogP contribution in [-0.4, -0.2) is 71.0 Å². The van der Waals surface area contributed by atoms with Crippen LogP contribution < -0.4 is 0 Å². The molecule has 0 bridgehead atoms. The van der Waals surface area contributed by atoms with Gasteiger partial charge in [0.05, 0.1) is 24.8 Å². The van der Waals surface area contributed by atoms with Crippen molar-refractivity contribution < 1.29 is 19.4 Å². The minimum atomic E-state index is -0.659. The van der Waals surface area contributed by atoms with Crippen LogP contribution >= 0.6 is 0 Å². The predicted octanol–water partition coefficient (Wildman–Crippen LogP) is 2.84. The number of likely N-dealkylation sites (tertiary alicyclic amines) is 1. The van der Waals surface area contributed by atoms with Gasteiger partial charge in [0, 0.05) is 44.1 Å². The van der Waals surface area contributed by atoms with Crippen molar-refractivity contribution in [1.82, 2.24) is 14.8 Å². The number of amides is 1. The maximum absolute atomic E-state index is 13.1. The Hall–Kier alpha value is -3.03. The molecule has 2 saturated heterocycles. The zero-order valence-electron chi connectivity index (χ0n) is 18.6. The van der Waals surface area contributed by atoms with Gasteiger partial charge in [-0.15, -0.1) is 0 Å². The van der Waals surface area contributed by atoms with Crippen molar-refractivity contribution in [1.29, 1.82) is 0 Å². The van der Waals surface area contributed by atoms with Crippen LogP contribution in [-0.2, 0) is 14.3 Å². The number of benzene rings is 1. The molecule has 0 unspecified atom stereocenters. The molecule has 1 aromatic carbocycles. The van der Waals surface area contributed by atoms with E-state index in [-0.39, 0.29) is 11.3 Å². The Kier molecular flexibility index (Phi) is 6.67. The number of pyridine rings is 1. The molecule has 0 aliphatic carbocycles. The second-order valence-electron chi connectivity index (χ2n) is 8.40. The lowest BCUT2D eigenvalue weighted by Gasteiger charge is -2.29. The largest absolute Gasteiger partial charge is 0.507 e. The van der Waals surface area contributed by atoms with Gasteiger partial charge in [0.25, 0.3) is 11.7 Å². The summed E-state index contributed by atoms with van der Waals surface area (Å²) in [5.74, 6) is -1.36. The van der Waals surface area contributed by atoms with E-state index in [1.165, 1.54) is 0 Å². The molecule has 1 aromatic heterocycles. The summed E-state index contributed by atoms with van der Waals surface area (Å²) < 4.78 is 5.39. The van der Waals surface area contributed by atoms with Crippen molar-refractivity contribution in [3.63, 3.8) is 0 Å². The third kappa shape index (κ3) is 4.45. The molecule has 0 spiro atoms. The minimum absolute atomic E-state index is 0.128. The number of rotatable bonds is 6. The van der Waals surface area contributed by atoms with Crippen molar-refractivity contribution in [2.75, 3.05) is 39.4 Å². The molecule has 2 fully saturated rings. The van der Waals surface area contributed by atoms with Crippen LogP contribution in [0.1, 0.15) is 34.7 Å². The lowest BCUT2D eigenvalue weighted by molar-refractivity contribution is -0.140. The van der Waals surface area contributed by atoms with Crippen molar-refractivity contribution in [2.24, 2.45) is 0 Å². The van der Waals surface area contributed by atoms with Gasteiger partial charge in [-0.1, -0.05) is 23.8 Å². The lowest BCUT2D eigenvalue weighted by Crippen LogP contribution is -2.39. The fraction of sp³-hybridized carbons (Fsp3) is 0.400. The number of hydrogen-bond donors (Lipinski definition) is 1. The van der Waals surface area contributed by atoms with E-state index >= 15 is 0 Å². The van der Waals surface area contributed by atoms with Gasteiger partial charge in [-0.2, -0.15) is 0 Å². The highest BCUT2D eigenvalue weighted by Gasteiger charge is 2.46. The number of carbonyl (C=O) groups excluding carboxylic acids is 2. The number of ether oxygens (including phenoxy) is 1. The van der Waals surface area contributed by atoms with Gasteiger partial charge in [-0.3, -0.25) is 19.5 Å². The molecule has 2 aliphatic heterocycles. The number of Topliss-reactive ketones (excluding diaryl/α,β-unsaturated/α-hetero) is 1. The fourth-order valence-corrected chi connectivity index (χ4v) is 4.42. The third-order valence-corrected chi connectivity index (χ3v) is 6.17. The van der Waals surface area contributed by atoms with E-state index in [2.05, 4.69) is 9.88 Å². The van der Waals surface area contributed by atoms with Gasteiger partial charge in [-0.05, 0) is 43.5 Å². The quantitative estimate of drug-likeness (QED) is 0.427. The highest BCUT2D eigenvalue weighted by Crippen LogP contribution is 2.39. The first-order chi connectivity index (χ1) is 15.5. The number of aliphatic hydroxyl groups is 1. The molecule has 1 amide bonds. The van der Waals surface area contributed by atoms with Crippen LogP contribution in [0.2, 0.25) is 0 Å². The van der Waals surface area contributed by atoms with Gasteiger partial charge >= 0.3 is 0 Å². The normalized spacial score (nSPS) is 21.3. The number of morpholine rings is 1. The maximum Gasteiger partial charge on any atom is 0.295 e. The van der Waals surface area contributed by atoms with Gasteiger partial charge < -0.3 is 14.7 Å². The Labute approximate surface area is 188 Å². The van der Waals surface area contributed by atoms with Crippen molar-refractivity contribution in [2.45, 2.75) is 26.3 Å². The molecule has 2 aromatic rings. The molecular weight excluding hydrogens is 406 g/mol. The molecule has 1 atom stereocenters. The first kappa shape index (κ1) is 22.2. The molecule has 0 saturated carbocycles. The van der Waals surface area contributed by atoms with Crippen LogP contribution in [0.15, 0.2) is 48.3 Å². The van der Waals surface area contributed by atoms with Gasteiger partial charge in [0.15, 0.2) is 0 Å². The van der Waals surface area contributed by atoms with Gasteiger partial charge in [0.1, 0.15) is 5.76 Å². The number of hydrogen-bond acceptors (Lipinski definition) is 6. The zero-order valence-corrected chi connectivity index (χ0v) is 18.6. The first-order valence-corrected chi connectivity index (χ1v) is 11.0. The first-order valence-electron chi connectivity index (χ1n) is 11.0. The summed E-state index contributed by atoms with van der Waals surface area (Å²) in [5.41, 5.74) is 3.23. The van der Waals surface area contributed by atoms with Gasteiger partial charge in [0.2, 0.25) is 0 Å². The minimum Gasteiger partial charge on any atom is -0.507 e. The highest BCUT2D eigenvalue weighted by atomic mass is 16.5. The van der Waals surface area contributed by atoms with Gasteiger partial charge in [-0.25, -0.2) is 0 Å². The van der Waals surface area contributed by atoms with E-state index < -0.39 is 17.7 Å². The van der Waals surface area contributed by atoms with Crippen molar-refractivity contribution in [3.05, 3.63) is 70.6 Å². The average molecular weight is 436 g/mol. The van der Waals surface area contributed by atoms with Crippen LogP contribution in [0.4, 0.5) is 0 Å². The van der Waals surface area contributed by atoms with E-state index in [9.17, 15) is 14.7 Å². The molecule has 7 heteroatoms.